The van der Waals surface area contributed by atoms with Crippen LogP contribution in [0.5, 0.6) is 0 Å². The monoisotopic (exact) mass is 437 g/mol. The van der Waals surface area contributed by atoms with Gasteiger partial charge in [-0.1, -0.05) is 29.8 Å². The van der Waals surface area contributed by atoms with E-state index < -0.39 is 10.0 Å². The van der Waals surface area contributed by atoms with Crippen molar-refractivity contribution in [2.75, 3.05) is 10.0 Å². The number of carbonyl (C=O) groups excluding carboxylic acids is 1. The molecule has 0 spiro atoms. The summed E-state index contributed by atoms with van der Waals surface area (Å²) in [5.41, 5.74) is 1.73. The Bertz CT molecular complexity index is 1320. The number of carbonyl (C=O) groups is 1. The van der Waals surface area contributed by atoms with Crippen LogP contribution < -0.4 is 10.0 Å². The molecule has 30 heavy (non-hydrogen) atoms. The van der Waals surface area contributed by atoms with E-state index in [1.54, 1.807) is 66.9 Å². The number of amides is 1. The molecule has 0 saturated carbocycles. The van der Waals surface area contributed by atoms with Gasteiger partial charge in [-0.25, -0.2) is 8.42 Å². The fourth-order valence-corrected chi connectivity index (χ4v) is 4.29. The lowest BCUT2D eigenvalue weighted by Crippen LogP contribution is -2.14. The van der Waals surface area contributed by atoms with E-state index in [-0.39, 0.29) is 10.8 Å². The molecular weight excluding hydrogens is 422 g/mol. The Morgan fingerprint density at radius 1 is 0.833 bits per heavy atom. The number of nitrogens with zero attached hydrogens (tertiary/aromatic N) is 1. The number of nitrogens with one attached hydrogen (secondary N) is 2. The normalized spacial score (nSPS) is 11.2. The number of hydrogen-bond acceptors (Lipinski definition) is 4. The Morgan fingerprint density at radius 2 is 1.50 bits per heavy atom. The quantitative estimate of drug-likeness (QED) is 0.462. The van der Waals surface area contributed by atoms with E-state index in [0.717, 1.165) is 5.39 Å². The fourth-order valence-electron chi connectivity index (χ4n) is 2.93. The number of hydrogen-bond donors (Lipinski definition) is 2. The second kappa shape index (κ2) is 8.14. The summed E-state index contributed by atoms with van der Waals surface area (Å²) in [7, 11) is -3.85. The highest BCUT2D eigenvalue weighted by atomic mass is 35.5. The minimum Gasteiger partial charge on any atom is -0.322 e. The van der Waals surface area contributed by atoms with Gasteiger partial charge in [0.05, 0.1) is 5.52 Å². The van der Waals surface area contributed by atoms with Gasteiger partial charge in [-0.3, -0.25) is 14.5 Å². The summed E-state index contributed by atoms with van der Waals surface area (Å²) in [5.74, 6) is -0.315. The van der Waals surface area contributed by atoms with Crippen LogP contribution in [0.15, 0.2) is 90.0 Å². The molecule has 150 valence electrons. The molecular formula is C22H16ClN3O3S. The van der Waals surface area contributed by atoms with Gasteiger partial charge in [-0.2, -0.15) is 0 Å². The number of anilines is 2. The van der Waals surface area contributed by atoms with E-state index in [2.05, 4.69) is 15.0 Å². The van der Waals surface area contributed by atoms with Crippen LogP contribution in [0.3, 0.4) is 0 Å². The van der Waals surface area contributed by atoms with E-state index in [0.29, 0.717) is 27.5 Å². The molecule has 0 bridgehead atoms. The third-order valence-electron chi connectivity index (χ3n) is 4.39. The van der Waals surface area contributed by atoms with Gasteiger partial charge in [0.2, 0.25) is 0 Å². The molecule has 1 heterocycles. The minimum absolute atomic E-state index is 0.0881. The maximum Gasteiger partial charge on any atom is 0.264 e. The number of benzene rings is 3. The second-order valence-corrected chi connectivity index (χ2v) is 8.56. The lowest BCUT2D eigenvalue weighted by atomic mass is 10.2. The van der Waals surface area contributed by atoms with Crippen molar-refractivity contribution in [1.82, 2.24) is 4.98 Å². The highest BCUT2D eigenvalue weighted by Gasteiger charge is 2.18. The molecule has 0 aliphatic carbocycles. The summed E-state index contributed by atoms with van der Waals surface area (Å²) in [6, 6.07) is 21.4. The Morgan fingerprint density at radius 3 is 2.23 bits per heavy atom. The van der Waals surface area contributed by atoms with E-state index >= 15 is 0 Å². The zero-order valence-electron chi connectivity index (χ0n) is 15.5. The van der Waals surface area contributed by atoms with Crippen LogP contribution in [0, 0.1) is 0 Å². The van der Waals surface area contributed by atoms with Crippen LogP contribution in [-0.4, -0.2) is 19.3 Å². The topological polar surface area (TPSA) is 88.2 Å². The molecule has 6 nitrogen and oxygen atoms in total. The summed E-state index contributed by atoms with van der Waals surface area (Å²) in [4.78, 5) is 16.7. The van der Waals surface area contributed by atoms with Crippen molar-refractivity contribution in [3.05, 3.63) is 95.6 Å². The molecule has 0 aliphatic heterocycles. The van der Waals surface area contributed by atoms with E-state index in [4.69, 9.17) is 11.6 Å². The third-order valence-corrected chi connectivity index (χ3v) is 6.05. The number of fused-ring (bicyclic) bond motifs is 1. The predicted molar refractivity (Wildman–Crippen MR) is 118 cm³/mol. The third kappa shape index (κ3) is 4.27. The molecule has 2 N–H and O–H groups in total. The summed E-state index contributed by atoms with van der Waals surface area (Å²) in [6.07, 6.45) is 1.55. The van der Waals surface area contributed by atoms with Gasteiger partial charge in [-0.05, 0) is 60.7 Å². The van der Waals surface area contributed by atoms with Crippen LogP contribution in [0.1, 0.15) is 10.4 Å². The lowest BCUT2D eigenvalue weighted by molar-refractivity contribution is 0.102. The van der Waals surface area contributed by atoms with Crippen molar-refractivity contribution in [3.63, 3.8) is 0 Å². The van der Waals surface area contributed by atoms with Gasteiger partial charge >= 0.3 is 0 Å². The molecule has 0 saturated heterocycles. The SMILES string of the molecule is O=C(Nc1ccc(Cl)cc1)c1ccc(NS(=O)(=O)c2cccc3cccnc23)cc1. The zero-order valence-corrected chi connectivity index (χ0v) is 17.1. The highest BCUT2D eigenvalue weighted by Crippen LogP contribution is 2.23. The second-order valence-electron chi connectivity index (χ2n) is 6.48. The number of halogens is 1. The first kappa shape index (κ1) is 19.9. The van der Waals surface area contributed by atoms with Crippen molar-refractivity contribution >= 4 is 49.8 Å². The average Bonchev–Trinajstić information content (AvgIpc) is 2.75. The van der Waals surface area contributed by atoms with Crippen LogP contribution in [0.4, 0.5) is 11.4 Å². The van der Waals surface area contributed by atoms with Crippen molar-refractivity contribution in [2.24, 2.45) is 0 Å². The fraction of sp³-hybridized carbons (Fsp3) is 0. The number of pyridine rings is 1. The molecule has 0 fully saturated rings. The molecule has 0 radical (unpaired) electrons. The number of sulfonamides is 1. The number of aromatic nitrogens is 1. The van der Waals surface area contributed by atoms with Gasteiger partial charge in [0.1, 0.15) is 4.90 Å². The van der Waals surface area contributed by atoms with Crippen LogP contribution in [0.25, 0.3) is 10.9 Å². The van der Waals surface area contributed by atoms with Gasteiger partial charge in [0.25, 0.3) is 15.9 Å². The van der Waals surface area contributed by atoms with E-state index in [9.17, 15) is 13.2 Å². The lowest BCUT2D eigenvalue weighted by Gasteiger charge is -2.11. The van der Waals surface area contributed by atoms with Crippen molar-refractivity contribution in [2.45, 2.75) is 4.90 Å². The first-order valence-corrected chi connectivity index (χ1v) is 10.8. The van der Waals surface area contributed by atoms with Crippen LogP contribution in [0.2, 0.25) is 5.02 Å². The summed E-state index contributed by atoms with van der Waals surface area (Å²) >= 11 is 5.84. The smallest absolute Gasteiger partial charge is 0.264 e. The maximum absolute atomic E-state index is 12.9. The zero-order chi connectivity index (χ0) is 21.1. The maximum atomic E-state index is 12.9. The molecule has 3 aromatic carbocycles. The van der Waals surface area contributed by atoms with E-state index in [1.807, 2.05) is 0 Å². The van der Waals surface area contributed by atoms with Gasteiger partial charge < -0.3 is 5.32 Å². The molecule has 1 aromatic heterocycles. The molecule has 8 heteroatoms. The molecule has 1 amide bonds. The Kier molecular flexibility index (Phi) is 5.39. The standard InChI is InChI=1S/C22H16ClN3O3S/c23-17-8-12-18(13-9-17)25-22(27)16-6-10-19(11-7-16)26-30(28,29)20-5-1-3-15-4-2-14-24-21(15)20/h1-14,26H,(H,25,27). The minimum atomic E-state index is -3.85. The highest BCUT2D eigenvalue weighted by molar-refractivity contribution is 7.93. The van der Waals surface area contributed by atoms with Gasteiger partial charge in [-0.15, -0.1) is 0 Å². The number of rotatable bonds is 5. The average molecular weight is 438 g/mol. The molecule has 0 aliphatic rings. The van der Waals surface area contributed by atoms with Crippen LogP contribution >= 0.6 is 11.6 Å². The predicted octanol–water partition coefficient (Wildman–Crippen LogP) is 4.94. The molecule has 0 atom stereocenters. The first-order valence-electron chi connectivity index (χ1n) is 8.96. The van der Waals surface area contributed by atoms with Crippen molar-refractivity contribution < 1.29 is 13.2 Å². The van der Waals surface area contributed by atoms with Gasteiger partial charge in [0, 0.05) is 33.5 Å². The Labute approximate surface area is 178 Å². The van der Waals surface area contributed by atoms with Crippen molar-refractivity contribution in [3.8, 4) is 0 Å². The summed E-state index contributed by atoms with van der Waals surface area (Å²) in [5, 5.41) is 4.06. The van der Waals surface area contributed by atoms with E-state index in [1.165, 1.54) is 18.2 Å². The van der Waals surface area contributed by atoms with Gasteiger partial charge in [0.15, 0.2) is 0 Å². The summed E-state index contributed by atoms with van der Waals surface area (Å²) < 4.78 is 28.3. The van der Waals surface area contributed by atoms with Crippen LogP contribution in [-0.2, 0) is 10.0 Å². The largest absolute Gasteiger partial charge is 0.322 e. The summed E-state index contributed by atoms with van der Waals surface area (Å²) in [6.45, 7) is 0. The molecule has 4 aromatic rings. The Hall–Kier alpha value is -3.42. The Balaban J connectivity index is 1.52. The molecule has 0 unspecified atom stereocenters. The molecule has 4 rings (SSSR count). The first-order chi connectivity index (χ1) is 14.4. The van der Waals surface area contributed by atoms with Crippen molar-refractivity contribution in [1.29, 1.82) is 0 Å². The number of para-hydroxylation sites is 1.